The first-order chi connectivity index (χ1) is 10.7. The molecule has 1 aromatic carbocycles. The molecule has 3 aliphatic heterocycles. The third kappa shape index (κ3) is 2.56. The molecule has 4 rings (SSSR count). The van der Waals surface area contributed by atoms with Gasteiger partial charge in [0.25, 0.3) is 0 Å². The highest BCUT2D eigenvalue weighted by Crippen LogP contribution is 2.38. The van der Waals surface area contributed by atoms with Gasteiger partial charge in [0.05, 0.1) is 6.61 Å². The first-order valence-corrected chi connectivity index (χ1v) is 8.70. The second-order valence-corrected chi connectivity index (χ2v) is 7.23. The van der Waals surface area contributed by atoms with E-state index in [0.717, 1.165) is 38.0 Å². The number of carbonyl (C=O) groups is 1. The summed E-state index contributed by atoms with van der Waals surface area (Å²) < 4.78 is 5.54. The topological polar surface area (TPSA) is 29.5 Å². The van der Waals surface area contributed by atoms with Crippen LogP contribution >= 0.6 is 0 Å². The van der Waals surface area contributed by atoms with Gasteiger partial charge in [-0.25, -0.2) is 0 Å². The van der Waals surface area contributed by atoms with Crippen LogP contribution in [-0.2, 0) is 17.6 Å². The normalized spacial score (nSPS) is 30.1. The average molecular weight is 299 g/mol. The Hall–Kier alpha value is -1.35. The van der Waals surface area contributed by atoms with Gasteiger partial charge in [0, 0.05) is 30.8 Å². The Kier molecular flexibility index (Phi) is 3.69. The highest BCUT2D eigenvalue weighted by Gasteiger charge is 2.40. The number of ketones is 1. The number of hydrogen-bond donors (Lipinski definition) is 0. The number of aryl methyl sites for hydroxylation is 1. The molecular weight excluding hydrogens is 274 g/mol. The highest BCUT2D eigenvalue weighted by molar-refractivity contribution is 5.81. The number of piperidine rings is 1. The van der Waals surface area contributed by atoms with Gasteiger partial charge < -0.3 is 9.64 Å². The van der Waals surface area contributed by atoms with Crippen molar-refractivity contribution in [3.05, 3.63) is 29.3 Å². The zero-order valence-corrected chi connectivity index (χ0v) is 13.4. The van der Waals surface area contributed by atoms with Crippen LogP contribution in [0.1, 0.15) is 43.2 Å². The summed E-state index contributed by atoms with van der Waals surface area (Å²) in [7, 11) is 2.23. The maximum atomic E-state index is 12.6. The molecule has 3 heteroatoms. The summed E-state index contributed by atoms with van der Waals surface area (Å²) in [6.07, 6.45) is 7.34. The molecule has 1 aromatic rings. The van der Waals surface area contributed by atoms with Gasteiger partial charge in [0.15, 0.2) is 0 Å². The summed E-state index contributed by atoms with van der Waals surface area (Å²) in [5, 5.41) is 0. The summed E-state index contributed by atoms with van der Waals surface area (Å²) in [5.74, 6) is 1.83. The van der Waals surface area contributed by atoms with Crippen molar-refractivity contribution in [1.29, 1.82) is 0 Å². The standard InChI is InChI=1S/C19H25NO2/c1-20-16-4-5-17(20)12-15(11-16)18(21)6-2-13-3-7-19-14(10-13)8-9-22-19/h3,7,10,15-17H,2,4-6,8-9,11-12H2,1H3. The summed E-state index contributed by atoms with van der Waals surface area (Å²) in [4.78, 5) is 15.1. The molecular formula is C19H25NO2. The Morgan fingerprint density at radius 3 is 2.82 bits per heavy atom. The minimum absolute atomic E-state index is 0.312. The summed E-state index contributed by atoms with van der Waals surface area (Å²) in [6, 6.07) is 7.73. The molecule has 22 heavy (non-hydrogen) atoms. The quantitative estimate of drug-likeness (QED) is 0.856. The number of hydrogen-bond acceptors (Lipinski definition) is 3. The molecule has 0 spiro atoms. The fourth-order valence-electron chi connectivity index (χ4n) is 4.54. The molecule has 2 saturated heterocycles. The van der Waals surface area contributed by atoms with Gasteiger partial charge in [-0.15, -0.1) is 0 Å². The molecule has 3 aliphatic rings. The largest absolute Gasteiger partial charge is 0.493 e. The van der Waals surface area contributed by atoms with E-state index in [0.29, 0.717) is 30.2 Å². The van der Waals surface area contributed by atoms with Crippen LogP contribution < -0.4 is 4.74 Å². The van der Waals surface area contributed by atoms with Crippen molar-refractivity contribution < 1.29 is 9.53 Å². The van der Waals surface area contributed by atoms with Crippen molar-refractivity contribution in [3.8, 4) is 5.75 Å². The highest BCUT2D eigenvalue weighted by atomic mass is 16.5. The first kappa shape index (κ1) is 14.3. The number of nitrogens with zero attached hydrogens (tertiary/aromatic N) is 1. The van der Waals surface area contributed by atoms with Gasteiger partial charge in [0.2, 0.25) is 0 Å². The van der Waals surface area contributed by atoms with Crippen molar-refractivity contribution in [3.63, 3.8) is 0 Å². The maximum Gasteiger partial charge on any atom is 0.136 e. The minimum atomic E-state index is 0.312. The fraction of sp³-hybridized carbons (Fsp3) is 0.632. The van der Waals surface area contributed by atoms with Crippen molar-refractivity contribution in [2.75, 3.05) is 13.7 Å². The molecule has 0 aromatic heterocycles. The lowest BCUT2D eigenvalue weighted by molar-refractivity contribution is -0.125. The van der Waals surface area contributed by atoms with E-state index in [2.05, 4.69) is 30.1 Å². The van der Waals surface area contributed by atoms with Gasteiger partial charge in [-0.05, 0) is 56.3 Å². The monoisotopic (exact) mass is 299 g/mol. The molecule has 0 radical (unpaired) electrons. The summed E-state index contributed by atoms with van der Waals surface area (Å²) >= 11 is 0. The van der Waals surface area contributed by atoms with Crippen molar-refractivity contribution >= 4 is 5.78 Å². The summed E-state index contributed by atoms with van der Waals surface area (Å²) in [5.41, 5.74) is 2.59. The molecule has 118 valence electrons. The molecule has 2 bridgehead atoms. The van der Waals surface area contributed by atoms with E-state index in [9.17, 15) is 4.79 Å². The van der Waals surface area contributed by atoms with Crippen molar-refractivity contribution in [1.82, 2.24) is 4.90 Å². The molecule has 2 atom stereocenters. The number of Topliss-reactive ketones (excluding diaryl/α,β-unsaturated/α-hetero) is 1. The number of benzene rings is 1. The zero-order valence-electron chi connectivity index (χ0n) is 13.4. The van der Waals surface area contributed by atoms with Crippen LogP contribution in [0.5, 0.6) is 5.75 Å². The second kappa shape index (κ2) is 5.69. The summed E-state index contributed by atoms with van der Waals surface area (Å²) in [6.45, 7) is 0.802. The molecule has 2 fully saturated rings. The molecule has 0 N–H and O–H groups in total. The van der Waals surface area contributed by atoms with Gasteiger partial charge in [-0.2, -0.15) is 0 Å². The second-order valence-electron chi connectivity index (χ2n) is 7.23. The lowest BCUT2D eigenvalue weighted by Gasteiger charge is -2.35. The van der Waals surface area contributed by atoms with Crippen LogP contribution in [0, 0.1) is 5.92 Å². The molecule has 3 heterocycles. The van der Waals surface area contributed by atoms with Crippen molar-refractivity contribution in [2.24, 2.45) is 5.92 Å². The van der Waals surface area contributed by atoms with Crippen LogP contribution in [0.15, 0.2) is 18.2 Å². The molecule has 3 nitrogen and oxygen atoms in total. The molecule has 0 amide bonds. The van der Waals surface area contributed by atoms with E-state index >= 15 is 0 Å². The Bertz CT molecular complexity index is 569. The van der Waals surface area contributed by atoms with Crippen LogP contribution in [0.4, 0.5) is 0 Å². The molecule has 0 aliphatic carbocycles. The van der Waals surface area contributed by atoms with E-state index in [4.69, 9.17) is 4.74 Å². The van der Waals surface area contributed by atoms with Crippen LogP contribution in [0.25, 0.3) is 0 Å². The van der Waals surface area contributed by atoms with Gasteiger partial charge in [0.1, 0.15) is 11.5 Å². The SMILES string of the molecule is CN1C2CCC1CC(C(=O)CCc1ccc3c(c1)CCO3)C2. The Balaban J connectivity index is 1.35. The van der Waals surface area contributed by atoms with Crippen LogP contribution in [-0.4, -0.2) is 36.4 Å². The molecule has 2 unspecified atom stereocenters. The number of fused-ring (bicyclic) bond motifs is 3. The van der Waals surface area contributed by atoms with Gasteiger partial charge in [-0.3, -0.25) is 4.79 Å². The Morgan fingerprint density at radius 1 is 1.27 bits per heavy atom. The Labute approximate surface area is 132 Å². The minimum Gasteiger partial charge on any atom is -0.493 e. The van der Waals surface area contributed by atoms with Crippen LogP contribution in [0.3, 0.4) is 0 Å². The average Bonchev–Trinajstić information content (AvgIpc) is 3.05. The fourth-order valence-corrected chi connectivity index (χ4v) is 4.54. The lowest BCUT2D eigenvalue weighted by atomic mass is 9.85. The van der Waals surface area contributed by atoms with E-state index in [-0.39, 0.29) is 0 Å². The smallest absolute Gasteiger partial charge is 0.136 e. The van der Waals surface area contributed by atoms with E-state index in [1.54, 1.807) is 0 Å². The van der Waals surface area contributed by atoms with Crippen molar-refractivity contribution in [2.45, 2.75) is 57.0 Å². The number of ether oxygens (including phenoxy) is 1. The maximum absolute atomic E-state index is 12.6. The molecule has 0 saturated carbocycles. The number of carbonyl (C=O) groups excluding carboxylic acids is 1. The predicted molar refractivity (Wildman–Crippen MR) is 86.3 cm³/mol. The van der Waals surface area contributed by atoms with E-state index in [1.807, 2.05) is 0 Å². The van der Waals surface area contributed by atoms with Gasteiger partial charge >= 0.3 is 0 Å². The zero-order chi connectivity index (χ0) is 15.1. The van der Waals surface area contributed by atoms with E-state index < -0.39 is 0 Å². The predicted octanol–water partition coefficient (Wildman–Crippen LogP) is 3.00. The lowest BCUT2D eigenvalue weighted by Crippen LogP contribution is -2.42. The number of rotatable bonds is 4. The third-order valence-corrected chi connectivity index (χ3v) is 5.97. The van der Waals surface area contributed by atoms with Crippen LogP contribution in [0.2, 0.25) is 0 Å². The first-order valence-electron chi connectivity index (χ1n) is 8.70. The Morgan fingerprint density at radius 2 is 2.05 bits per heavy atom. The van der Waals surface area contributed by atoms with E-state index in [1.165, 1.54) is 24.0 Å². The third-order valence-electron chi connectivity index (χ3n) is 5.97. The van der Waals surface area contributed by atoms with Gasteiger partial charge in [-0.1, -0.05) is 12.1 Å².